The molecule has 152 valence electrons. The molecule has 0 unspecified atom stereocenters. The zero-order valence-corrected chi connectivity index (χ0v) is 17.2. The first-order chi connectivity index (χ1) is 13.7. The largest absolute Gasteiger partial charge is 0.395 e. The fourth-order valence-corrected chi connectivity index (χ4v) is 4.29. The minimum Gasteiger partial charge on any atom is -0.395 e. The van der Waals surface area contributed by atoms with Gasteiger partial charge in [-0.3, -0.25) is 9.80 Å². The Bertz CT molecular complexity index is 657. The molecule has 0 amide bonds. The molecular weight excluding hydrogens is 348 g/mol. The Hall–Kier alpha value is -1.72. The average Bonchev–Trinajstić information content (AvgIpc) is 2.75. The molecule has 2 aromatic rings. The van der Waals surface area contributed by atoms with Gasteiger partial charge < -0.3 is 10.2 Å². The van der Waals surface area contributed by atoms with Gasteiger partial charge in [0.2, 0.25) is 0 Å². The van der Waals surface area contributed by atoms with Crippen LogP contribution in [0.25, 0.3) is 0 Å². The highest BCUT2D eigenvalue weighted by Crippen LogP contribution is 2.36. The van der Waals surface area contributed by atoms with E-state index in [9.17, 15) is 10.2 Å². The average molecular weight is 383 g/mol. The van der Waals surface area contributed by atoms with E-state index in [1.54, 1.807) is 0 Å². The van der Waals surface area contributed by atoms with Crippen molar-refractivity contribution in [3.63, 3.8) is 0 Å². The van der Waals surface area contributed by atoms with E-state index in [-0.39, 0.29) is 25.3 Å². The summed E-state index contributed by atoms with van der Waals surface area (Å²) in [4.78, 5) is 4.79. The number of hydrogen-bond donors (Lipinski definition) is 2. The van der Waals surface area contributed by atoms with Crippen molar-refractivity contribution in [3.05, 3.63) is 70.8 Å². The standard InChI is InChI=1S/C24H34N2O2/c1-3-19-5-9-21(10-6-19)23-17-25(13-15-27)18-24(26(23)14-16-28)22-11-7-20(4-2)8-12-22/h5-12,23-24,27-28H,3-4,13-18H2,1-2H3/t23-,24-/m0/s1. The van der Waals surface area contributed by atoms with E-state index >= 15 is 0 Å². The Morgan fingerprint density at radius 2 is 1.14 bits per heavy atom. The Morgan fingerprint density at radius 3 is 1.50 bits per heavy atom. The van der Waals surface area contributed by atoms with Crippen molar-refractivity contribution < 1.29 is 10.2 Å². The Kier molecular flexibility index (Phi) is 7.63. The zero-order chi connectivity index (χ0) is 19.9. The molecule has 28 heavy (non-hydrogen) atoms. The number of benzene rings is 2. The summed E-state index contributed by atoms with van der Waals surface area (Å²) < 4.78 is 0. The first-order valence-corrected chi connectivity index (χ1v) is 10.6. The molecule has 4 heteroatoms. The highest BCUT2D eigenvalue weighted by molar-refractivity contribution is 5.29. The summed E-state index contributed by atoms with van der Waals surface area (Å²) in [6.07, 6.45) is 2.07. The quantitative estimate of drug-likeness (QED) is 0.736. The van der Waals surface area contributed by atoms with Crippen LogP contribution in [0.5, 0.6) is 0 Å². The molecule has 1 aliphatic rings. The molecule has 1 fully saturated rings. The SMILES string of the molecule is CCc1ccc([C@@H]2CN(CCO)C[C@@H](c3ccc(CC)cc3)N2CCO)cc1. The molecule has 0 aliphatic carbocycles. The maximum atomic E-state index is 9.79. The second-order valence-corrected chi connectivity index (χ2v) is 7.67. The van der Waals surface area contributed by atoms with Gasteiger partial charge in [-0.25, -0.2) is 0 Å². The number of aliphatic hydroxyl groups excluding tert-OH is 2. The smallest absolute Gasteiger partial charge is 0.0558 e. The third-order valence-corrected chi connectivity index (χ3v) is 5.98. The van der Waals surface area contributed by atoms with Crippen molar-refractivity contribution in [1.29, 1.82) is 0 Å². The predicted octanol–water partition coefficient (Wildman–Crippen LogP) is 3.20. The van der Waals surface area contributed by atoms with E-state index in [0.29, 0.717) is 13.1 Å². The summed E-state index contributed by atoms with van der Waals surface area (Å²) in [6.45, 7) is 7.73. The lowest BCUT2D eigenvalue weighted by Crippen LogP contribution is -2.51. The van der Waals surface area contributed by atoms with Gasteiger partial charge in [-0.1, -0.05) is 62.4 Å². The number of β-amino-alcohol motifs (C(OH)–C–C–N with tert-alkyl or cyclic N) is 2. The fourth-order valence-electron chi connectivity index (χ4n) is 4.29. The normalized spacial score (nSPS) is 21.1. The van der Waals surface area contributed by atoms with Crippen molar-refractivity contribution in [2.75, 3.05) is 39.4 Å². The summed E-state index contributed by atoms with van der Waals surface area (Å²) in [5.41, 5.74) is 5.24. The second kappa shape index (κ2) is 10.2. The first-order valence-electron chi connectivity index (χ1n) is 10.6. The first kappa shape index (κ1) is 21.0. The molecule has 0 spiro atoms. The molecule has 4 nitrogen and oxygen atoms in total. The van der Waals surface area contributed by atoms with Crippen LogP contribution < -0.4 is 0 Å². The van der Waals surface area contributed by atoms with Gasteiger partial charge in [-0.2, -0.15) is 0 Å². The molecule has 0 bridgehead atoms. The second-order valence-electron chi connectivity index (χ2n) is 7.67. The van der Waals surface area contributed by atoms with E-state index in [2.05, 4.69) is 72.2 Å². The summed E-state index contributed by atoms with van der Waals surface area (Å²) in [6, 6.07) is 18.2. The van der Waals surface area contributed by atoms with Gasteiger partial charge in [0.05, 0.1) is 13.2 Å². The van der Waals surface area contributed by atoms with E-state index in [0.717, 1.165) is 25.9 Å². The van der Waals surface area contributed by atoms with Gasteiger partial charge >= 0.3 is 0 Å². The highest BCUT2D eigenvalue weighted by Gasteiger charge is 2.35. The lowest BCUT2D eigenvalue weighted by atomic mass is 9.93. The number of aryl methyl sites for hydroxylation is 2. The summed E-state index contributed by atoms with van der Waals surface area (Å²) in [7, 11) is 0. The molecule has 1 saturated heterocycles. The van der Waals surface area contributed by atoms with Crippen LogP contribution in [0.15, 0.2) is 48.5 Å². The summed E-state index contributed by atoms with van der Waals surface area (Å²) >= 11 is 0. The van der Waals surface area contributed by atoms with Crippen molar-refractivity contribution in [1.82, 2.24) is 9.80 Å². The Labute approximate surface area is 169 Å². The maximum Gasteiger partial charge on any atom is 0.0558 e. The van der Waals surface area contributed by atoms with Crippen molar-refractivity contribution in [2.45, 2.75) is 38.8 Å². The van der Waals surface area contributed by atoms with Crippen LogP contribution in [0.2, 0.25) is 0 Å². The minimum atomic E-state index is 0.146. The molecule has 2 N–H and O–H groups in total. The third kappa shape index (κ3) is 4.81. The van der Waals surface area contributed by atoms with Gasteiger partial charge in [0.15, 0.2) is 0 Å². The molecule has 2 aromatic carbocycles. The van der Waals surface area contributed by atoms with Gasteiger partial charge in [-0.05, 0) is 35.1 Å². The Balaban J connectivity index is 1.94. The molecular formula is C24H34N2O2. The molecule has 0 aromatic heterocycles. The summed E-state index contributed by atoms with van der Waals surface area (Å²) in [5, 5.41) is 19.3. The molecule has 1 heterocycles. The van der Waals surface area contributed by atoms with E-state index in [4.69, 9.17) is 0 Å². The van der Waals surface area contributed by atoms with Crippen LogP contribution in [-0.4, -0.2) is 59.4 Å². The monoisotopic (exact) mass is 382 g/mol. The molecule has 1 aliphatic heterocycles. The number of nitrogens with zero attached hydrogens (tertiary/aromatic N) is 2. The molecule has 0 saturated carbocycles. The zero-order valence-electron chi connectivity index (χ0n) is 17.2. The van der Waals surface area contributed by atoms with Gasteiger partial charge in [-0.15, -0.1) is 0 Å². The number of piperazine rings is 1. The lowest BCUT2D eigenvalue weighted by Gasteiger charge is -2.47. The number of hydrogen-bond acceptors (Lipinski definition) is 4. The van der Waals surface area contributed by atoms with Crippen LogP contribution in [0.1, 0.15) is 48.2 Å². The van der Waals surface area contributed by atoms with Crippen LogP contribution in [0, 0.1) is 0 Å². The molecule has 3 rings (SSSR count). The van der Waals surface area contributed by atoms with E-state index in [1.165, 1.54) is 22.3 Å². The minimum absolute atomic E-state index is 0.146. The van der Waals surface area contributed by atoms with Gasteiger partial charge in [0, 0.05) is 38.3 Å². The van der Waals surface area contributed by atoms with Gasteiger partial charge in [0.25, 0.3) is 0 Å². The topological polar surface area (TPSA) is 46.9 Å². The predicted molar refractivity (Wildman–Crippen MR) is 114 cm³/mol. The van der Waals surface area contributed by atoms with Crippen LogP contribution >= 0.6 is 0 Å². The van der Waals surface area contributed by atoms with Crippen molar-refractivity contribution in [3.8, 4) is 0 Å². The van der Waals surface area contributed by atoms with E-state index in [1.807, 2.05) is 0 Å². The van der Waals surface area contributed by atoms with Crippen molar-refractivity contribution >= 4 is 0 Å². The molecule has 2 atom stereocenters. The van der Waals surface area contributed by atoms with Crippen LogP contribution in [0.4, 0.5) is 0 Å². The van der Waals surface area contributed by atoms with Gasteiger partial charge in [0.1, 0.15) is 0 Å². The van der Waals surface area contributed by atoms with Crippen LogP contribution in [-0.2, 0) is 12.8 Å². The molecule has 0 radical (unpaired) electrons. The summed E-state index contributed by atoms with van der Waals surface area (Å²) in [5.74, 6) is 0. The van der Waals surface area contributed by atoms with Crippen molar-refractivity contribution in [2.24, 2.45) is 0 Å². The fraction of sp³-hybridized carbons (Fsp3) is 0.500. The third-order valence-electron chi connectivity index (χ3n) is 5.98. The number of rotatable bonds is 8. The van der Waals surface area contributed by atoms with E-state index < -0.39 is 0 Å². The highest BCUT2D eigenvalue weighted by atomic mass is 16.3. The Morgan fingerprint density at radius 1 is 0.714 bits per heavy atom. The lowest BCUT2D eigenvalue weighted by molar-refractivity contribution is 0.00436. The maximum absolute atomic E-state index is 9.79. The number of aliphatic hydroxyl groups is 2. The van der Waals surface area contributed by atoms with Crippen LogP contribution in [0.3, 0.4) is 0 Å².